The zero-order valence-electron chi connectivity index (χ0n) is 12.0. The number of carbonyl (C=O) groups is 1. The fourth-order valence-electron chi connectivity index (χ4n) is 2.61. The molecule has 1 fully saturated rings. The summed E-state index contributed by atoms with van der Waals surface area (Å²) in [7, 11) is 1.64. The number of hydrogen-bond donors (Lipinski definition) is 2. The minimum absolute atomic E-state index is 0.00616. The summed E-state index contributed by atoms with van der Waals surface area (Å²) in [5.41, 5.74) is 1.27. The largest absolute Gasteiger partial charge is 0.384 e. The van der Waals surface area contributed by atoms with Crippen molar-refractivity contribution in [1.29, 1.82) is 0 Å². The molecule has 1 aliphatic heterocycles. The van der Waals surface area contributed by atoms with E-state index in [0.29, 0.717) is 17.3 Å². The fourth-order valence-corrected chi connectivity index (χ4v) is 2.77. The summed E-state index contributed by atoms with van der Waals surface area (Å²) in [5.74, 6) is -0.00616. The Hall–Kier alpha value is -1.10. The van der Waals surface area contributed by atoms with E-state index < -0.39 is 5.41 Å². The van der Waals surface area contributed by atoms with E-state index in [4.69, 9.17) is 16.3 Å². The van der Waals surface area contributed by atoms with E-state index in [-0.39, 0.29) is 5.91 Å². The van der Waals surface area contributed by atoms with E-state index in [1.165, 1.54) is 0 Å². The fraction of sp³-hybridized carbons (Fsp3) is 0.533. The summed E-state index contributed by atoms with van der Waals surface area (Å²) in [6, 6.07) is 5.62. The molecule has 0 aromatic heterocycles. The highest BCUT2D eigenvalue weighted by Crippen LogP contribution is 2.32. The maximum absolute atomic E-state index is 12.7. The van der Waals surface area contributed by atoms with Gasteiger partial charge in [0.15, 0.2) is 0 Å². The van der Waals surface area contributed by atoms with Crippen LogP contribution in [-0.4, -0.2) is 32.7 Å². The normalized spacial score (nSPS) is 17.8. The first kappa shape index (κ1) is 15.3. The second-order valence-electron chi connectivity index (χ2n) is 5.40. The number of carbonyl (C=O) groups excluding carboxylic acids is 1. The molecule has 0 spiro atoms. The number of methoxy groups -OCH3 is 1. The third-order valence-electron chi connectivity index (χ3n) is 3.83. The van der Waals surface area contributed by atoms with Crippen LogP contribution in [0.15, 0.2) is 18.2 Å². The lowest BCUT2D eigenvalue weighted by Gasteiger charge is -2.35. The van der Waals surface area contributed by atoms with Crippen LogP contribution in [0.3, 0.4) is 0 Å². The molecular formula is C15H21ClN2O2. The van der Waals surface area contributed by atoms with Crippen molar-refractivity contribution in [2.75, 3.05) is 32.1 Å². The number of benzene rings is 1. The van der Waals surface area contributed by atoms with Crippen molar-refractivity contribution < 1.29 is 9.53 Å². The molecule has 0 bridgehead atoms. The number of hydrogen-bond acceptors (Lipinski definition) is 3. The summed E-state index contributed by atoms with van der Waals surface area (Å²) in [6.07, 6.45) is 1.55. The van der Waals surface area contributed by atoms with Crippen molar-refractivity contribution in [3.05, 3.63) is 28.8 Å². The number of piperidine rings is 1. The van der Waals surface area contributed by atoms with Crippen molar-refractivity contribution in [1.82, 2.24) is 5.32 Å². The summed E-state index contributed by atoms with van der Waals surface area (Å²) in [6.45, 7) is 4.07. The predicted octanol–water partition coefficient (Wildman–Crippen LogP) is 2.60. The first-order valence-corrected chi connectivity index (χ1v) is 7.22. The van der Waals surface area contributed by atoms with Crippen LogP contribution < -0.4 is 10.6 Å². The second kappa shape index (κ2) is 6.57. The molecule has 0 saturated carbocycles. The topological polar surface area (TPSA) is 50.4 Å². The molecule has 20 heavy (non-hydrogen) atoms. The van der Waals surface area contributed by atoms with Gasteiger partial charge >= 0.3 is 0 Å². The van der Waals surface area contributed by atoms with Crippen LogP contribution in [0.25, 0.3) is 0 Å². The van der Waals surface area contributed by atoms with Crippen LogP contribution in [0, 0.1) is 12.3 Å². The number of rotatable bonds is 4. The van der Waals surface area contributed by atoms with Crippen LogP contribution in [0.4, 0.5) is 5.69 Å². The molecule has 1 aromatic rings. The van der Waals surface area contributed by atoms with Crippen molar-refractivity contribution in [2.24, 2.45) is 5.41 Å². The van der Waals surface area contributed by atoms with Crippen LogP contribution in [0.1, 0.15) is 18.4 Å². The molecule has 1 aromatic carbocycles. The Kier molecular flexibility index (Phi) is 5.02. The monoisotopic (exact) mass is 296 g/mol. The van der Waals surface area contributed by atoms with E-state index in [9.17, 15) is 4.79 Å². The van der Waals surface area contributed by atoms with Gasteiger partial charge in [0.05, 0.1) is 22.7 Å². The zero-order valence-corrected chi connectivity index (χ0v) is 12.7. The van der Waals surface area contributed by atoms with Crippen molar-refractivity contribution in [2.45, 2.75) is 19.8 Å². The molecule has 2 rings (SSSR count). The maximum Gasteiger partial charge on any atom is 0.233 e. The molecule has 2 N–H and O–H groups in total. The molecule has 5 heteroatoms. The maximum atomic E-state index is 12.7. The standard InChI is InChI=1S/C15H21ClN2O2/c1-11-3-4-12(16)13(9-11)18-14(19)15(10-20-2)5-7-17-8-6-15/h3-4,9,17H,5-8,10H2,1-2H3,(H,18,19). The highest BCUT2D eigenvalue weighted by Gasteiger charge is 2.39. The number of halogens is 1. The lowest BCUT2D eigenvalue weighted by Crippen LogP contribution is -2.47. The SMILES string of the molecule is COCC1(C(=O)Nc2cc(C)ccc2Cl)CCNCC1. The van der Waals surface area contributed by atoms with Crippen molar-refractivity contribution in [3.63, 3.8) is 0 Å². The first-order chi connectivity index (χ1) is 9.57. The van der Waals surface area contributed by atoms with E-state index >= 15 is 0 Å². The quantitative estimate of drug-likeness (QED) is 0.898. The molecule has 1 heterocycles. The van der Waals surface area contributed by atoms with E-state index in [1.807, 2.05) is 19.1 Å². The Bertz CT molecular complexity index is 479. The van der Waals surface area contributed by atoms with Crippen molar-refractivity contribution >= 4 is 23.2 Å². The minimum atomic E-state index is -0.465. The van der Waals surface area contributed by atoms with Gasteiger partial charge in [-0.05, 0) is 50.6 Å². The molecule has 0 radical (unpaired) electrons. The predicted molar refractivity (Wildman–Crippen MR) is 81.2 cm³/mol. The number of anilines is 1. The smallest absolute Gasteiger partial charge is 0.233 e. The zero-order chi connectivity index (χ0) is 14.6. The first-order valence-electron chi connectivity index (χ1n) is 6.85. The molecule has 4 nitrogen and oxygen atoms in total. The lowest BCUT2D eigenvalue weighted by atomic mass is 9.78. The average molecular weight is 297 g/mol. The Balaban J connectivity index is 2.18. The molecule has 1 saturated heterocycles. The minimum Gasteiger partial charge on any atom is -0.384 e. The number of nitrogens with one attached hydrogen (secondary N) is 2. The van der Waals surface area contributed by atoms with Crippen LogP contribution in [0.2, 0.25) is 5.02 Å². The van der Waals surface area contributed by atoms with Crippen LogP contribution >= 0.6 is 11.6 Å². The van der Waals surface area contributed by atoms with Gasteiger partial charge in [-0.25, -0.2) is 0 Å². The lowest BCUT2D eigenvalue weighted by molar-refractivity contribution is -0.130. The molecule has 0 atom stereocenters. The Morgan fingerprint density at radius 3 is 2.80 bits per heavy atom. The van der Waals surface area contributed by atoms with E-state index in [2.05, 4.69) is 10.6 Å². The Labute approximate surface area is 124 Å². The van der Waals surface area contributed by atoms with Gasteiger partial charge in [0.25, 0.3) is 0 Å². The van der Waals surface area contributed by atoms with Gasteiger partial charge in [0.1, 0.15) is 0 Å². The molecule has 0 aliphatic carbocycles. The van der Waals surface area contributed by atoms with E-state index in [0.717, 1.165) is 31.5 Å². The highest BCUT2D eigenvalue weighted by atomic mass is 35.5. The summed E-state index contributed by atoms with van der Waals surface area (Å²) in [5, 5.41) is 6.80. The van der Waals surface area contributed by atoms with Gasteiger partial charge in [-0.2, -0.15) is 0 Å². The summed E-state index contributed by atoms with van der Waals surface area (Å²) < 4.78 is 5.28. The molecule has 1 aliphatic rings. The van der Waals surface area contributed by atoms with Gasteiger partial charge < -0.3 is 15.4 Å². The Morgan fingerprint density at radius 2 is 2.15 bits per heavy atom. The van der Waals surface area contributed by atoms with Gasteiger partial charge in [0, 0.05) is 7.11 Å². The van der Waals surface area contributed by atoms with E-state index in [1.54, 1.807) is 13.2 Å². The highest BCUT2D eigenvalue weighted by molar-refractivity contribution is 6.33. The molecule has 1 amide bonds. The van der Waals surface area contributed by atoms with Gasteiger partial charge in [0.2, 0.25) is 5.91 Å². The van der Waals surface area contributed by atoms with Crippen molar-refractivity contribution in [3.8, 4) is 0 Å². The van der Waals surface area contributed by atoms with Gasteiger partial charge in [-0.3, -0.25) is 4.79 Å². The van der Waals surface area contributed by atoms with Crippen LogP contribution in [-0.2, 0) is 9.53 Å². The number of ether oxygens (including phenoxy) is 1. The van der Waals surface area contributed by atoms with Gasteiger partial charge in [-0.15, -0.1) is 0 Å². The van der Waals surface area contributed by atoms with Crippen LogP contribution in [0.5, 0.6) is 0 Å². The van der Waals surface area contributed by atoms with Gasteiger partial charge in [-0.1, -0.05) is 17.7 Å². The third kappa shape index (κ3) is 3.32. The Morgan fingerprint density at radius 1 is 1.45 bits per heavy atom. The molecular weight excluding hydrogens is 276 g/mol. The summed E-state index contributed by atoms with van der Waals surface area (Å²) >= 11 is 6.14. The number of aryl methyl sites for hydroxylation is 1. The summed E-state index contributed by atoms with van der Waals surface area (Å²) in [4.78, 5) is 12.7. The average Bonchev–Trinajstić information content (AvgIpc) is 2.44. The number of amides is 1. The second-order valence-corrected chi connectivity index (χ2v) is 5.81. The molecule has 0 unspecified atom stereocenters. The molecule has 110 valence electrons. The third-order valence-corrected chi connectivity index (χ3v) is 4.16.